The molecule has 1 aliphatic rings. The van der Waals surface area contributed by atoms with E-state index in [1.54, 1.807) is 6.92 Å². The van der Waals surface area contributed by atoms with E-state index in [1.807, 2.05) is 37.4 Å². The number of aromatic amines is 1. The molecular weight excluding hydrogens is 404 g/mol. The molecule has 2 aromatic heterocycles. The second-order valence-electron chi connectivity index (χ2n) is 7.08. The quantitative estimate of drug-likeness (QED) is 0.407. The number of carbonyl (C=O) groups excluding carboxylic acids is 2. The van der Waals surface area contributed by atoms with E-state index < -0.39 is 0 Å². The molecule has 0 aliphatic heterocycles. The summed E-state index contributed by atoms with van der Waals surface area (Å²) in [6, 6.07) is 8.04. The van der Waals surface area contributed by atoms with Gasteiger partial charge in [-0.05, 0) is 51.2 Å². The second-order valence-corrected chi connectivity index (χ2v) is 9.57. The maximum absolute atomic E-state index is 12.9. The molecule has 29 heavy (non-hydrogen) atoms. The van der Waals surface area contributed by atoms with Gasteiger partial charge >= 0.3 is 5.97 Å². The molecule has 1 atom stereocenters. The van der Waals surface area contributed by atoms with Gasteiger partial charge in [-0.2, -0.15) is 0 Å². The monoisotopic (exact) mass is 428 g/mol. The molecule has 1 amide bonds. The number of hydrogen-bond donors (Lipinski definition) is 2. The highest BCUT2D eigenvalue weighted by Gasteiger charge is 2.28. The minimum Gasteiger partial charge on any atom is -0.462 e. The smallest absolute Gasteiger partial charge is 0.341 e. The average molecular weight is 429 g/mol. The molecule has 0 fully saturated rings. The Hall–Kier alpha value is -2.25. The summed E-state index contributed by atoms with van der Waals surface area (Å²) in [4.78, 5) is 31.0. The fourth-order valence-electron chi connectivity index (χ4n) is 3.67. The molecule has 152 valence electrons. The molecule has 0 bridgehead atoms. The molecule has 2 N–H and O–H groups in total. The first-order chi connectivity index (χ1) is 14.1. The number of fused-ring (bicyclic) bond motifs is 2. The molecule has 5 nitrogen and oxygen atoms in total. The number of para-hydroxylation sites is 1. The third-order valence-corrected chi connectivity index (χ3v) is 7.48. The van der Waals surface area contributed by atoms with Gasteiger partial charge in [-0.3, -0.25) is 4.79 Å². The summed E-state index contributed by atoms with van der Waals surface area (Å²) in [7, 11) is 0. The Labute approximate surface area is 178 Å². The van der Waals surface area contributed by atoms with Gasteiger partial charge < -0.3 is 15.0 Å². The van der Waals surface area contributed by atoms with E-state index in [0.29, 0.717) is 17.2 Å². The van der Waals surface area contributed by atoms with Crippen molar-refractivity contribution in [3.05, 3.63) is 46.5 Å². The van der Waals surface area contributed by atoms with Gasteiger partial charge in [-0.15, -0.1) is 23.1 Å². The molecule has 7 heteroatoms. The number of thiophene rings is 1. The standard InChI is InChI=1S/C22H24N2O3S2/c1-3-27-22(26)19-15-9-5-7-11-17(15)29-21(19)24-20(25)13(2)28-18-12-23-16-10-6-4-8-14(16)18/h4,6,8,10,12-13,23H,3,5,7,9,11H2,1-2H3,(H,24,25). The molecule has 0 saturated carbocycles. The van der Waals surface area contributed by atoms with E-state index in [4.69, 9.17) is 4.74 Å². The van der Waals surface area contributed by atoms with Crippen molar-refractivity contribution in [2.45, 2.75) is 49.7 Å². The number of hydrogen-bond acceptors (Lipinski definition) is 5. The van der Waals surface area contributed by atoms with Crippen LogP contribution in [0.25, 0.3) is 10.9 Å². The highest BCUT2D eigenvalue weighted by molar-refractivity contribution is 8.00. The maximum atomic E-state index is 12.9. The molecule has 1 aliphatic carbocycles. The SMILES string of the molecule is CCOC(=O)c1c(NC(=O)C(C)Sc2c[nH]c3ccccc23)sc2c1CCCC2. The van der Waals surface area contributed by atoms with Crippen LogP contribution in [0.2, 0.25) is 0 Å². The van der Waals surface area contributed by atoms with Gasteiger partial charge in [0.1, 0.15) is 5.00 Å². The van der Waals surface area contributed by atoms with Crippen molar-refractivity contribution >= 4 is 50.9 Å². The molecule has 1 unspecified atom stereocenters. The first-order valence-corrected chi connectivity index (χ1v) is 11.6. The summed E-state index contributed by atoms with van der Waals surface area (Å²) in [5.41, 5.74) is 2.68. The van der Waals surface area contributed by atoms with Crippen molar-refractivity contribution in [1.29, 1.82) is 0 Å². The van der Waals surface area contributed by atoms with E-state index in [0.717, 1.165) is 47.0 Å². The lowest BCUT2D eigenvalue weighted by Crippen LogP contribution is -2.23. The minimum atomic E-state index is -0.334. The van der Waals surface area contributed by atoms with Crippen LogP contribution in [0, 0.1) is 0 Å². The minimum absolute atomic E-state index is 0.107. The summed E-state index contributed by atoms with van der Waals surface area (Å²) >= 11 is 3.04. The topological polar surface area (TPSA) is 71.2 Å². The highest BCUT2D eigenvalue weighted by atomic mass is 32.2. The maximum Gasteiger partial charge on any atom is 0.341 e. The normalized spacial score (nSPS) is 14.4. The number of H-pyrrole nitrogens is 1. The van der Waals surface area contributed by atoms with Gasteiger partial charge in [0.2, 0.25) is 5.91 Å². The summed E-state index contributed by atoms with van der Waals surface area (Å²) in [6.45, 7) is 4.01. The third kappa shape index (κ3) is 4.07. The van der Waals surface area contributed by atoms with Crippen molar-refractivity contribution in [1.82, 2.24) is 4.98 Å². The number of nitrogens with one attached hydrogen (secondary N) is 2. The van der Waals surface area contributed by atoms with E-state index in [-0.39, 0.29) is 17.1 Å². The predicted octanol–water partition coefficient (Wildman–Crippen LogP) is 5.40. The lowest BCUT2D eigenvalue weighted by Gasteiger charge is -2.13. The average Bonchev–Trinajstić information content (AvgIpc) is 3.29. The molecule has 0 radical (unpaired) electrons. The van der Waals surface area contributed by atoms with Crippen LogP contribution in [-0.2, 0) is 22.4 Å². The van der Waals surface area contributed by atoms with Crippen LogP contribution in [0.1, 0.15) is 47.5 Å². The van der Waals surface area contributed by atoms with Gasteiger partial charge in [-0.25, -0.2) is 4.79 Å². The number of amides is 1. The Morgan fingerprint density at radius 2 is 2.07 bits per heavy atom. The fraction of sp³-hybridized carbons (Fsp3) is 0.364. The number of thioether (sulfide) groups is 1. The first-order valence-electron chi connectivity index (χ1n) is 9.93. The summed E-state index contributed by atoms with van der Waals surface area (Å²) in [5, 5.41) is 4.45. The third-order valence-electron chi connectivity index (χ3n) is 5.11. The molecule has 2 heterocycles. The lowest BCUT2D eigenvalue weighted by molar-refractivity contribution is -0.115. The van der Waals surface area contributed by atoms with E-state index in [1.165, 1.54) is 28.0 Å². The van der Waals surface area contributed by atoms with Crippen molar-refractivity contribution < 1.29 is 14.3 Å². The van der Waals surface area contributed by atoms with Crippen LogP contribution >= 0.6 is 23.1 Å². The van der Waals surface area contributed by atoms with Crippen LogP contribution in [0.3, 0.4) is 0 Å². The molecule has 1 aromatic carbocycles. The number of anilines is 1. The Morgan fingerprint density at radius 1 is 1.28 bits per heavy atom. The summed E-state index contributed by atoms with van der Waals surface area (Å²) in [6.07, 6.45) is 5.96. The van der Waals surface area contributed by atoms with E-state index >= 15 is 0 Å². The van der Waals surface area contributed by atoms with Crippen LogP contribution in [0.4, 0.5) is 5.00 Å². The van der Waals surface area contributed by atoms with Gasteiger partial charge in [0, 0.05) is 26.9 Å². The van der Waals surface area contributed by atoms with E-state index in [9.17, 15) is 9.59 Å². The number of rotatable bonds is 6. The van der Waals surface area contributed by atoms with Gasteiger partial charge in [-0.1, -0.05) is 18.2 Å². The molecular formula is C22H24N2O3S2. The molecule has 4 rings (SSSR count). The zero-order valence-electron chi connectivity index (χ0n) is 16.5. The molecule has 0 spiro atoms. The Kier molecular flexibility index (Phi) is 5.96. The van der Waals surface area contributed by atoms with Crippen LogP contribution in [0.15, 0.2) is 35.4 Å². The summed E-state index contributed by atoms with van der Waals surface area (Å²) < 4.78 is 5.28. The number of benzene rings is 1. The van der Waals surface area contributed by atoms with Crippen LogP contribution in [-0.4, -0.2) is 28.7 Å². The second kappa shape index (κ2) is 8.63. The number of ether oxygens (including phenoxy) is 1. The Bertz CT molecular complexity index is 1050. The van der Waals surface area contributed by atoms with Crippen molar-refractivity contribution in [2.75, 3.05) is 11.9 Å². The fourth-order valence-corrected chi connectivity index (χ4v) is 5.93. The van der Waals surface area contributed by atoms with Gasteiger partial charge in [0.25, 0.3) is 0 Å². The Morgan fingerprint density at radius 3 is 2.90 bits per heavy atom. The number of carbonyl (C=O) groups is 2. The van der Waals surface area contributed by atoms with Crippen LogP contribution in [0.5, 0.6) is 0 Å². The summed E-state index contributed by atoms with van der Waals surface area (Å²) in [5.74, 6) is -0.441. The largest absolute Gasteiger partial charge is 0.462 e. The van der Waals surface area contributed by atoms with Crippen molar-refractivity contribution in [3.63, 3.8) is 0 Å². The molecule has 3 aromatic rings. The zero-order chi connectivity index (χ0) is 20.4. The van der Waals surface area contributed by atoms with E-state index in [2.05, 4.69) is 10.3 Å². The first kappa shape index (κ1) is 20.0. The molecule has 0 saturated heterocycles. The highest BCUT2D eigenvalue weighted by Crippen LogP contribution is 2.39. The lowest BCUT2D eigenvalue weighted by atomic mass is 9.95. The van der Waals surface area contributed by atoms with Gasteiger partial charge in [0.05, 0.1) is 17.4 Å². The predicted molar refractivity (Wildman–Crippen MR) is 119 cm³/mol. The number of aromatic nitrogens is 1. The number of esters is 1. The number of aryl methyl sites for hydroxylation is 1. The van der Waals surface area contributed by atoms with Crippen molar-refractivity contribution in [3.8, 4) is 0 Å². The van der Waals surface area contributed by atoms with Gasteiger partial charge in [0.15, 0.2) is 0 Å². The van der Waals surface area contributed by atoms with Crippen molar-refractivity contribution in [2.24, 2.45) is 0 Å². The van der Waals surface area contributed by atoms with Crippen LogP contribution < -0.4 is 5.32 Å². The zero-order valence-corrected chi connectivity index (χ0v) is 18.2. The Balaban J connectivity index is 1.54.